The van der Waals surface area contributed by atoms with Crippen molar-refractivity contribution in [2.75, 3.05) is 0 Å². The fraction of sp³-hybridized carbons (Fsp3) is 0.118. The van der Waals surface area contributed by atoms with Crippen molar-refractivity contribution >= 4 is 15.9 Å². The molecule has 1 aromatic heterocycles. The lowest BCUT2D eigenvalue weighted by molar-refractivity contribution is 0.854. The van der Waals surface area contributed by atoms with Crippen molar-refractivity contribution in [1.82, 2.24) is 9.78 Å². The Bertz CT molecular complexity index is 750. The maximum atomic E-state index is 6.40. The third-order valence-electron chi connectivity index (χ3n) is 3.56. The molecule has 0 radical (unpaired) electrons. The van der Waals surface area contributed by atoms with E-state index >= 15 is 0 Å². The van der Waals surface area contributed by atoms with Crippen molar-refractivity contribution in [2.24, 2.45) is 5.73 Å². The molecule has 1 heterocycles. The molecule has 0 aliphatic carbocycles. The highest BCUT2D eigenvalue weighted by Gasteiger charge is 2.14. The number of para-hydroxylation sites is 1. The van der Waals surface area contributed by atoms with Crippen molar-refractivity contribution in [2.45, 2.75) is 13.0 Å². The summed E-state index contributed by atoms with van der Waals surface area (Å²) in [4.78, 5) is 0. The molecule has 1 atom stereocenters. The largest absolute Gasteiger partial charge is 0.320 e. The Kier molecular flexibility index (Phi) is 3.90. The van der Waals surface area contributed by atoms with Crippen LogP contribution in [0.4, 0.5) is 0 Å². The molecule has 0 spiro atoms. The van der Waals surface area contributed by atoms with E-state index in [9.17, 15) is 0 Å². The quantitative estimate of drug-likeness (QED) is 0.782. The van der Waals surface area contributed by atoms with Crippen molar-refractivity contribution in [1.29, 1.82) is 0 Å². The average molecular weight is 342 g/mol. The Hall–Kier alpha value is -1.91. The summed E-state index contributed by atoms with van der Waals surface area (Å²) in [5, 5.41) is 4.41. The van der Waals surface area contributed by atoms with Crippen LogP contribution < -0.4 is 5.73 Å². The Labute approximate surface area is 132 Å². The van der Waals surface area contributed by atoms with Crippen molar-refractivity contribution in [3.8, 4) is 5.69 Å². The molecule has 0 saturated heterocycles. The zero-order valence-corrected chi connectivity index (χ0v) is 13.3. The van der Waals surface area contributed by atoms with Gasteiger partial charge in [-0.25, -0.2) is 4.68 Å². The van der Waals surface area contributed by atoms with Gasteiger partial charge in [-0.1, -0.05) is 40.2 Å². The zero-order chi connectivity index (χ0) is 14.8. The summed E-state index contributed by atoms with van der Waals surface area (Å²) in [7, 11) is 0. The second-order valence-electron chi connectivity index (χ2n) is 5.03. The molecule has 0 bridgehead atoms. The molecule has 0 saturated carbocycles. The highest BCUT2D eigenvalue weighted by atomic mass is 79.9. The number of hydrogen-bond acceptors (Lipinski definition) is 2. The highest BCUT2D eigenvalue weighted by Crippen LogP contribution is 2.26. The molecule has 3 rings (SSSR count). The van der Waals surface area contributed by atoms with Gasteiger partial charge in [-0.05, 0) is 42.3 Å². The molecule has 21 heavy (non-hydrogen) atoms. The summed E-state index contributed by atoms with van der Waals surface area (Å²) >= 11 is 3.50. The van der Waals surface area contributed by atoms with E-state index in [1.165, 1.54) is 5.56 Å². The maximum absolute atomic E-state index is 6.40. The van der Waals surface area contributed by atoms with E-state index in [0.29, 0.717) is 0 Å². The number of rotatable bonds is 3. The van der Waals surface area contributed by atoms with Crippen LogP contribution in [0, 0.1) is 6.92 Å². The van der Waals surface area contributed by atoms with E-state index in [-0.39, 0.29) is 6.04 Å². The Morgan fingerprint density at radius 2 is 1.90 bits per heavy atom. The van der Waals surface area contributed by atoms with E-state index in [0.717, 1.165) is 21.3 Å². The fourth-order valence-electron chi connectivity index (χ4n) is 2.35. The van der Waals surface area contributed by atoms with Gasteiger partial charge >= 0.3 is 0 Å². The molecule has 106 valence electrons. The van der Waals surface area contributed by atoms with Crippen molar-refractivity contribution < 1.29 is 0 Å². The van der Waals surface area contributed by atoms with E-state index in [2.05, 4.69) is 40.1 Å². The molecule has 0 amide bonds. The molecular weight excluding hydrogens is 326 g/mol. The Balaban J connectivity index is 1.94. The first-order valence-electron chi connectivity index (χ1n) is 6.77. The SMILES string of the molecule is Cc1ccc(Br)cc1C(N)c1cnn(-c2ccccc2)c1. The minimum atomic E-state index is -0.181. The molecule has 3 nitrogen and oxygen atoms in total. The predicted octanol–water partition coefficient (Wildman–Crippen LogP) is 3.99. The second-order valence-corrected chi connectivity index (χ2v) is 5.95. The molecule has 0 fully saturated rings. The van der Waals surface area contributed by atoms with Gasteiger partial charge in [-0.3, -0.25) is 0 Å². The molecule has 0 aliphatic heterocycles. The third kappa shape index (κ3) is 2.91. The minimum absolute atomic E-state index is 0.181. The second kappa shape index (κ2) is 5.84. The lowest BCUT2D eigenvalue weighted by Gasteiger charge is -2.13. The van der Waals surface area contributed by atoms with Crippen LogP contribution in [0.25, 0.3) is 5.69 Å². The fourth-order valence-corrected chi connectivity index (χ4v) is 2.72. The van der Waals surface area contributed by atoms with E-state index in [1.807, 2.05) is 53.5 Å². The number of nitrogens with two attached hydrogens (primary N) is 1. The summed E-state index contributed by atoms with van der Waals surface area (Å²) in [5.41, 5.74) is 10.7. The minimum Gasteiger partial charge on any atom is -0.320 e. The number of aromatic nitrogens is 2. The monoisotopic (exact) mass is 341 g/mol. The molecular formula is C17H16BrN3. The number of nitrogens with zero attached hydrogens (tertiary/aromatic N) is 2. The number of hydrogen-bond donors (Lipinski definition) is 1. The van der Waals surface area contributed by atoms with Gasteiger partial charge < -0.3 is 5.73 Å². The summed E-state index contributed by atoms with van der Waals surface area (Å²) in [6, 6.07) is 16.0. The third-order valence-corrected chi connectivity index (χ3v) is 4.05. The van der Waals surface area contributed by atoms with Crippen LogP contribution in [0.15, 0.2) is 65.4 Å². The van der Waals surface area contributed by atoms with Gasteiger partial charge in [0, 0.05) is 16.2 Å². The van der Waals surface area contributed by atoms with Gasteiger partial charge in [0.2, 0.25) is 0 Å². The molecule has 4 heteroatoms. The number of benzene rings is 2. The van der Waals surface area contributed by atoms with Gasteiger partial charge in [0.1, 0.15) is 0 Å². The first-order chi connectivity index (χ1) is 10.1. The van der Waals surface area contributed by atoms with Gasteiger partial charge in [-0.15, -0.1) is 0 Å². The summed E-state index contributed by atoms with van der Waals surface area (Å²) in [5.74, 6) is 0. The molecule has 1 unspecified atom stereocenters. The van der Waals surface area contributed by atoms with Crippen molar-refractivity contribution in [3.63, 3.8) is 0 Å². The van der Waals surface area contributed by atoms with Crippen LogP contribution in [0.2, 0.25) is 0 Å². The van der Waals surface area contributed by atoms with Gasteiger partial charge in [-0.2, -0.15) is 5.10 Å². The van der Waals surface area contributed by atoms with Crippen molar-refractivity contribution in [3.05, 3.63) is 82.1 Å². The first kappa shape index (κ1) is 14.0. The van der Waals surface area contributed by atoms with E-state index < -0.39 is 0 Å². The average Bonchev–Trinajstić information content (AvgIpc) is 3.00. The first-order valence-corrected chi connectivity index (χ1v) is 7.56. The normalized spacial score (nSPS) is 12.3. The smallest absolute Gasteiger partial charge is 0.0645 e. The standard InChI is InChI=1S/C17H16BrN3/c1-12-7-8-14(18)9-16(12)17(19)13-10-20-21(11-13)15-5-3-2-4-6-15/h2-11,17H,19H2,1H3. The summed E-state index contributed by atoms with van der Waals surface area (Å²) < 4.78 is 2.89. The zero-order valence-electron chi connectivity index (χ0n) is 11.7. The Morgan fingerprint density at radius 3 is 2.67 bits per heavy atom. The number of aryl methyl sites for hydroxylation is 1. The van der Waals surface area contributed by atoms with E-state index in [4.69, 9.17) is 5.73 Å². The predicted molar refractivity (Wildman–Crippen MR) is 88.5 cm³/mol. The van der Waals surface area contributed by atoms with Gasteiger partial charge in [0.25, 0.3) is 0 Å². The summed E-state index contributed by atoms with van der Waals surface area (Å²) in [6.07, 6.45) is 3.82. The lowest BCUT2D eigenvalue weighted by atomic mass is 9.98. The molecule has 2 N–H and O–H groups in total. The summed E-state index contributed by atoms with van der Waals surface area (Å²) in [6.45, 7) is 2.07. The van der Waals surface area contributed by atoms with Crippen LogP contribution in [0.3, 0.4) is 0 Å². The van der Waals surface area contributed by atoms with Gasteiger partial charge in [0.15, 0.2) is 0 Å². The highest BCUT2D eigenvalue weighted by molar-refractivity contribution is 9.10. The topological polar surface area (TPSA) is 43.8 Å². The van der Waals surface area contributed by atoms with Gasteiger partial charge in [0.05, 0.1) is 17.9 Å². The van der Waals surface area contributed by atoms with Crippen LogP contribution in [-0.4, -0.2) is 9.78 Å². The Morgan fingerprint density at radius 1 is 1.14 bits per heavy atom. The van der Waals surface area contributed by atoms with Crippen LogP contribution in [-0.2, 0) is 0 Å². The molecule has 2 aromatic carbocycles. The maximum Gasteiger partial charge on any atom is 0.0645 e. The van der Waals surface area contributed by atoms with Crippen LogP contribution in [0.1, 0.15) is 22.7 Å². The van der Waals surface area contributed by atoms with Crippen LogP contribution in [0.5, 0.6) is 0 Å². The molecule has 3 aromatic rings. The molecule has 0 aliphatic rings. The number of halogens is 1. The van der Waals surface area contributed by atoms with E-state index in [1.54, 1.807) is 0 Å². The lowest BCUT2D eigenvalue weighted by Crippen LogP contribution is -2.12. The van der Waals surface area contributed by atoms with Crippen LogP contribution >= 0.6 is 15.9 Å².